The highest BCUT2D eigenvalue weighted by Gasteiger charge is 2.21. The predicted molar refractivity (Wildman–Crippen MR) is 92.9 cm³/mol. The maximum Gasteiger partial charge on any atom is 0.0412 e. The van der Waals surface area contributed by atoms with Gasteiger partial charge in [0.1, 0.15) is 0 Å². The number of hydrogen-bond donors (Lipinski definition) is 1. The molecule has 0 aliphatic carbocycles. The molecule has 0 spiro atoms. The second kappa shape index (κ2) is 8.43. The molecular formula is C19H32N2. The molecule has 2 heteroatoms. The number of anilines is 1. The first-order chi connectivity index (χ1) is 10.2. The summed E-state index contributed by atoms with van der Waals surface area (Å²) < 4.78 is 0. The molecule has 0 saturated heterocycles. The molecule has 2 nitrogen and oxygen atoms in total. The van der Waals surface area contributed by atoms with Gasteiger partial charge >= 0.3 is 0 Å². The number of nitrogens with one attached hydrogen (secondary N) is 1. The molecule has 1 aromatic carbocycles. The van der Waals surface area contributed by atoms with Crippen LogP contribution in [0.15, 0.2) is 24.3 Å². The molecule has 0 amide bonds. The smallest absolute Gasteiger partial charge is 0.0412 e. The van der Waals surface area contributed by atoms with E-state index in [1.165, 1.54) is 49.9 Å². The number of nitrogens with zero attached hydrogens (tertiary/aromatic N) is 1. The zero-order valence-corrected chi connectivity index (χ0v) is 14.1. The lowest BCUT2D eigenvalue weighted by molar-refractivity contribution is 0.420. The third-order valence-corrected chi connectivity index (χ3v) is 4.39. The normalized spacial score (nSPS) is 18.7. The van der Waals surface area contributed by atoms with E-state index in [0.717, 1.165) is 19.0 Å². The maximum atomic E-state index is 3.76. The molecule has 0 fully saturated rings. The maximum absolute atomic E-state index is 3.76. The molecule has 0 saturated carbocycles. The lowest BCUT2D eigenvalue weighted by atomic mass is 10.0. The quantitative estimate of drug-likeness (QED) is 0.738. The van der Waals surface area contributed by atoms with Gasteiger partial charge in [0, 0.05) is 31.4 Å². The number of hydrogen-bond acceptors (Lipinski definition) is 2. The minimum Gasteiger partial charge on any atom is -0.370 e. The molecule has 0 aromatic heterocycles. The Balaban J connectivity index is 2.04. The van der Waals surface area contributed by atoms with E-state index in [4.69, 9.17) is 0 Å². The Morgan fingerprint density at radius 2 is 2.00 bits per heavy atom. The largest absolute Gasteiger partial charge is 0.370 e. The molecular weight excluding hydrogens is 256 g/mol. The van der Waals surface area contributed by atoms with E-state index in [1.54, 1.807) is 0 Å². The average Bonchev–Trinajstić information content (AvgIpc) is 2.63. The van der Waals surface area contributed by atoms with Crippen molar-refractivity contribution < 1.29 is 0 Å². The van der Waals surface area contributed by atoms with Crippen LogP contribution < -0.4 is 10.2 Å². The van der Waals surface area contributed by atoms with Crippen LogP contribution in [0.5, 0.6) is 0 Å². The van der Waals surface area contributed by atoms with Crippen LogP contribution in [0.4, 0.5) is 5.69 Å². The first kappa shape index (κ1) is 16.4. The lowest BCUT2D eigenvalue weighted by Crippen LogP contribution is -2.39. The molecule has 1 unspecified atom stereocenters. The number of rotatable bonds is 7. The lowest BCUT2D eigenvalue weighted by Gasteiger charge is -2.28. The van der Waals surface area contributed by atoms with Crippen molar-refractivity contribution in [2.45, 2.75) is 65.5 Å². The Morgan fingerprint density at radius 1 is 1.19 bits per heavy atom. The summed E-state index contributed by atoms with van der Waals surface area (Å²) in [6.45, 7) is 10.3. The van der Waals surface area contributed by atoms with Crippen LogP contribution in [0.2, 0.25) is 0 Å². The summed E-state index contributed by atoms with van der Waals surface area (Å²) in [4.78, 5) is 2.62. The van der Waals surface area contributed by atoms with Crippen LogP contribution in [0, 0.1) is 5.92 Å². The zero-order valence-electron chi connectivity index (χ0n) is 14.1. The monoisotopic (exact) mass is 288 g/mol. The molecule has 118 valence electrons. The van der Waals surface area contributed by atoms with E-state index >= 15 is 0 Å². The highest BCUT2D eigenvalue weighted by molar-refractivity contribution is 5.54. The van der Waals surface area contributed by atoms with Crippen LogP contribution in [-0.4, -0.2) is 19.1 Å². The SMILES string of the molecule is CCCCCCN1CC(CC(C)C)NCc2ccccc21. The average molecular weight is 288 g/mol. The summed E-state index contributed by atoms with van der Waals surface area (Å²) in [7, 11) is 0. The third-order valence-electron chi connectivity index (χ3n) is 4.39. The van der Waals surface area contributed by atoms with Crippen molar-refractivity contribution >= 4 is 5.69 Å². The molecule has 0 radical (unpaired) electrons. The fraction of sp³-hybridized carbons (Fsp3) is 0.684. The fourth-order valence-electron chi connectivity index (χ4n) is 3.32. The summed E-state index contributed by atoms with van der Waals surface area (Å²) in [5.41, 5.74) is 2.91. The summed E-state index contributed by atoms with van der Waals surface area (Å²) in [6, 6.07) is 9.54. The molecule has 1 heterocycles. The van der Waals surface area contributed by atoms with Gasteiger partial charge in [-0.15, -0.1) is 0 Å². The van der Waals surface area contributed by atoms with Gasteiger partial charge in [0.25, 0.3) is 0 Å². The standard InChI is InChI=1S/C19H32N2/c1-4-5-6-9-12-21-15-18(13-16(2)3)20-14-17-10-7-8-11-19(17)21/h7-8,10-11,16,18,20H,4-6,9,12-15H2,1-3H3. The summed E-state index contributed by atoms with van der Waals surface area (Å²) in [5.74, 6) is 0.755. The van der Waals surface area contributed by atoms with Crippen molar-refractivity contribution in [3.8, 4) is 0 Å². The van der Waals surface area contributed by atoms with Crippen LogP contribution >= 0.6 is 0 Å². The highest BCUT2D eigenvalue weighted by Crippen LogP contribution is 2.25. The van der Waals surface area contributed by atoms with Gasteiger partial charge < -0.3 is 10.2 Å². The van der Waals surface area contributed by atoms with Gasteiger partial charge in [-0.05, 0) is 30.4 Å². The Labute approximate surface area is 130 Å². The summed E-state index contributed by atoms with van der Waals surface area (Å²) in [6.07, 6.45) is 6.62. The van der Waals surface area contributed by atoms with E-state index < -0.39 is 0 Å². The van der Waals surface area contributed by atoms with Gasteiger partial charge in [0.05, 0.1) is 0 Å². The molecule has 1 atom stereocenters. The topological polar surface area (TPSA) is 15.3 Å². The van der Waals surface area contributed by atoms with E-state index in [9.17, 15) is 0 Å². The Bertz CT molecular complexity index is 414. The van der Waals surface area contributed by atoms with Gasteiger partial charge in [-0.3, -0.25) is 0 Å². The summed E-state index contributed by atoms with van der Waals surface area (Å²) >= 11 is 0. The number of benzene rings is 1. The van der Waals surface area contributed by atoms with Gasteiger partial charge in [-0.25, -0.2) is 0 Å². The number of para-hydroxylation sites is 1. The fourth-order valence-corrected chi connectivity index (χ4v) is 3.32. The van der Waals surface area contributed by atoms with Gasteiger partial charge in [0.15, 0.2) is 0 Å². The summed E-state index contributed by atoms with van der Waals surface area (Å²) in [5, 5.41) is 3.76. The Hall–Kier alpha value is -1.02. The molecule has 0 bridgehead atoms. The van der Waals surface area contributed by atoms with Crippen LogP contribution in [0.1, 0.15) is 58.4 Å². The Morgan fingerprint density at radius 3 is 2.76 bits per heavy atom. The number of unbranched alkanes of at least 4 members (excludes halogenated alkanes) is 3. The molecule has 21 heavy (non-hydrogen) atoms. The first-order valence-corrected chi connectivity index (χ1v) is 8.77. The van der Waals surface area contributed by atoms with Gasteiger partial charge in [-0.2, -0.15) is 0 Å². The minimum absolute atomic E-state index is 0.614. The number of fused-ring (bicyclic) bond motifs is 1. The van der Waals surface area contributed by atoms with Gasteiger partial charge in [0.2, 0.25) is 0 Å². The predicted octanol–water partition coefficient (Wildman–Crippen LogP) is 4.59. The van der Waals surface area contributed by atoms with Crippen LogP contribution in [0.3, 0.4) is 0 Å². The van der Waals surface area contributed by atoms with Crippen molar-refractivity contribution in [1.29, 1.82) is 0 Å². The second-order valence-corrected chi connectivity index (χ2v) is 6.84. The third kappa shape index (κ3) is 5.03. The zero-order chi connectivity index (χ0) is 15.1. The first-order valence-electron chi connectivity index (χ1n) is 8.77. The van der Waals surface area contributed by atoms with Crippen molar-refractivity contribution in [3.05, 3.63) is 29.8 Å². The van der Waals surface area contributed by atoms with Crippen molar-refractivity contribution in [3.63, 3.8) is 0 Å². The molecule has 1 N–H and O–H groups in total. The van der Waals surface area contributed by atoms with Crippen molar-refractivity contribution in [2.24, 2.45) is 5.92 Å². The van der Waals surface area contributed by atoms with E-state index in [2.05, 4.69) is 55.3 Å². The van der Waals surface area contributed by atoms with Crippen molar-refractivity contribution in [2.75, 3.05) is 18.0 Å². The van der Waals surface area contributed by atoms with Gasteiger partial charge in [-0.1, -0.05) is 58.2 Å². The second-order valence-electron chi connectivity index (χ2n) is 6.84. The Kier molecular flexibility index (Phi) is 6.56. The van der Waals surface area contributed by atoms with Crippen LogP contribution in [-0.2, 0) is 6.54 Å². The molecule has 1 aromatic rings. The highest BCUT2D eigenvalue weighted by atomic mass is 15.2. The van der Waals surface area contributed by atoms with E-state index in [-0.39, 0.29) is 0 Å². The molecule has 1 aliphatic heterocycles. The van der Waals surface area contributed by atoms with Crippen LogP contribution in [0.25, 0.3) is 0 Å². The molecule has 1 aliphatic rings. The van der Waals surface area contributed by atoms with Crippen molar-refractivity contribution in [1.82, 2.24) is 5.32 Å². The van der Waals surface area contributed by atoms with E-state index in [1.807, 2.05) is 0 Å². The van der Waals surface area contributed by atoms with E-state index in [0.29, 0.717) is 6.04 Å². The molecule has 2 rings (SSSR count). The minimum atomic E-state index is 0.614.